The van der Waals surface area contributed by atoms with E-state index >= 15 is 0 Å². The maximum absolute atomic E-state index is 3.81. The molecule has 0 aliphatic heterocycles. The molecule has 2 heteroatoms. The van der Waals surface area contributed by atoms with Crippen molar-refractivity contribution in [1.82, 2.24) is 9.88 Å². The van der Waals surface area contributed by atoms with Gasteiger partial charge in [0, 0.05) is 35.7 Å². The summed E-state index contributed by atoms with van der Waals surface area (Å²) in [6, 6.07) is 8.41. The van der Waals surface area contributed by atoms with Crippen LogP contribution in [0.15, 0.2) is 18.2 Å². The minimum Gasteiger partial charge on any atom is -0.347 e. The molecular weight excluding hydrogens is 232 g/mol. The van der Waals surface area contributed by atoms with Gasteiger partial charge in [0.05, 0.1) is 0 Å². The summed E-state index contributed by atoms with van der Waals surface area (Å²) in [6.07, 6.45) is 6.51. The number of hydrogen-bond acceptors (Lipinski definition) is 1. The number of aryl methyl sites for hydroxylation is 2. The van der Waals surface area contributed by atoms with Crippen LogP contribution < -0.4 is 5.32 Å². The molecule has 0 radical (unpaired) electrons. The van der Waals surface area contributed by atoms with E-state index < -0.39 is 0 Å². The van der Waals surface area contributed by atoms with Crippen LogP contribution in [0.3, 0.4) is 0 Å². The molecule has 100 valence electrons. The molecule has 1 fully saturated rings. The Morgan fingerprint density at radius 2 is 2.00 bits per heavy atom. The van der Waals surface area contributed by atoms with Crippen molar-refractivity contribution in [3.8, 4) is 0 Å². The van der Waals surface area contributed by atoms with Crippen molar-refractivity contribution in [2.24, 2.45) is 7.05 Å². The maximum atomic E-state index is 3.81. The first-order valence-corrected chi connectivity index (χ1v) is 7.55. The first-order valence-electron chi connectivity index (χ1n) is 7.55. The molecule has 1 atom stereocenters. The molecular formula is C17H22N2. The van der Waals surface area contributed by atoms with Gasteiger partial charge in [-0.15, -0.1) is 0 Å². The van der Waals surface area contributed by atoms with Gasteiger partial charge in [-0.1, -0.05) is 11.6 Å². The van der Waals surface area contributed by atoms with Gasteiger partial charge in [0.15, 0.2) is 0 Å². The number of aromatic nitrogens is 1. The van der Waals surface area contributed by atoms with Gasteiger partial charge in [0.2, 0.25) is 0 Å². The number of hydrogen-bond donors (Lipinski definition) is 1. The molecule has 2 aliphatic rings. The summed E-state index contributed by atoms with van der Waals surface area (Å²) in [5, 5.41) is 5.30. The average molecular weight is 254 g/mol. The zero-order valence-electron chi connectivity index (χ0n) is 11.9. The Balaban J connectivity index is 1.77. The highest BCUT2D eigenvalue weighted by Crippen LogP contribution is 2.33. The lowest BCUT2D eigenvalue weighted by Gasteiger charge is -2.24. The molecule has 19 heavy (non-hydrogen) atoms. The third-order valence-corrected chi connectivity index (χ3v) is 4.82. The van der Waals surface area contributed by atoms with Gasteiger partial charge in [0.1, 0.15) is 0 Å². The summed E-state index contributed by atoms with van der Waals surface area (Å²) >= 11 is 0. The van der Waals surface area contributed by atoms with E-state index in [0.29, 0.717) is 6.04 Å². The number of rotatable bonds is 2. The predicted molar refractivity (Wildman–Crippen MR) is 79.6 cm³/mol. The topological polar surface area (TPSA) is 17.0 Å². The lowest BCUT2D eigenvalue weighted by Crippen LogP contribution is -2.36. The standard InChI is InChI=1S/C17H22N2/c1-11-3-7-16-14(9-11)15-10-13(18-12-4-5-12)6-8-17(15)19(16)2/h3,7,9,12-13,18H,4-6,8,10H2,1-2H3. The van der Waals surface area contributed by atoms with Crippen LogP contribution in [0.25, 0.3) is 10.9 Å². The van der Waals surface area contributed by atoms with Crippen LogP contribution in [0, 0.1) is 6.92 Å². The van der Waals surface area contributed by atoms with E-state index in [2.05, 4.69) is 42.1 Å². The summed E-state index contributed by atoms with van der Waals surface area (Å²) in [4.78, 5) is 0. The van der Waals surface area contributed by atoms with Crippen LogP contribution in [0.5, 0.6) is 0 Å². The zero-order chi connectivity index (χ0) is 13.0. The molecule has 1 unspecified atom stereocenters. The Morgan fingerprint density at radius 3 is 2.79 bits per heavy atom. The molecule has 1 aromatic heterocycles. The zero-order valence-corrected chi connectivity index (χ0v) is 11.9. The fourth-order valence-corrected chi connectivity index (χ4v) is 3.62. The summed E-state index contributed by atoms with van der Waals surface area (Å²) in [7, 11) is 2.23. The van der Waals surface area contributed by atoms with E-state index in [-0.39, 0.29) is 0 Å². The predicted octanol–water partition coefficient (Wildman–Crippen LogP) is 3.10. The van der Waals surface area contributed by atoms with E-state index in [4.69, 9.17) is 0 Å². The average Bonchev–Trinajstić information content (AvgIpc) is 3.17. The number of benzene rings is 1. The summed E-state index contributed by atoms with van der Waals surface area (Å²) in [5.74, 6) is 0. The second-order valence-electron chi connectivity index (χ2n) is 6.39. The molecule has 1 N–H and O–H groups in total. The monoisotopic (exact) mass is 254 g/mol. The van der Waals surface area contributed by atoms with Crippen molar-refractivity contribution >= 4 is 10.9 Å². The van der Waals surface area contributed by atoms with E-state index in [1.807, 2.05) is 0 Å². The van der Waals surface area contributed by atoms with Crippen LogP contribution in [0.1, 0.15) is 36.1 Å². The van der Waals surface area contributed by atoms with Gasteiger partial charge in [-0.05, 0) is 56.7 Å². The number of nitrogens with one attached hydrogen (secondary N) is 1. The van der Waals surface area contributed by atoms with Crippen LogP contribution in [-0.2, 0) is 19.9 Å². The molecule has 0 saturated heterocycles. The summed E-state index contributed by atoms with van der Waals surface area (Å²) in [6.45, 7) is 2.20. The Hall–Kier alpha value is -1.28. The van der Waals surface area contributed by atoms with Crippen LogP contribution in [0.2, 0.25) is 0 Å². The largest absolute Gasteiger partial charge is 0.347 e. The lowest BCUT2D eigenvalue weighted by atomic mass is 9.91. The second kappa shape index (κ2) is 4.11. The van der Waals surface area contributed by atoms with Crippen molar-refractivity contribution in [3.63, 3.8) is 0 Å². The van der Waals surface area contributed by atoms with Gasteiger partial charge >= 0.3 is 0 Å². The second-order valence-corrected chi connectivity index (χ2v) is 6.39. The highest BCUT2D eigenvalue weighted by Gasteiger charge is 2.29. The highest BCUT2D eigenvalue weighted by molar-refractivity contribution is 5.86. The maximum Gasteiger partial charge on any atom is 0.0482 e. The normalized spacial score (nSPS) is 22.7. The SMILES string of the molecule is Cc1ccc2c(c1)c1c(n2C)CCC(NC2CC2)C1. The Kier molecular flexibility index (Phi) is 2.49. The van der Waals surface area contributed by atoms with E-state index in [1.54, 1.807) is 11.3 Å². The first-order chi connectivity index (χ1) is 9.22. The quantitative estimate of drug-likeness (QED) is 0.871. The molecule has 1 saturated carbocycles. The van der Waals surface area contributed by atoms with Gasteiger partial charge in [-0.3, -0.25) is 0 Å². The van der Waals surface area contributed by atoms with Crippen molar-refractivity contribution in [2.45, 2.75) is 51.1 Å². The molecule has 1 aromatic carbocycles. The summed E-state index contributed by atoms with van der Waals surface area (Å²) < 4.78 is 2.41. The Labute approximate surface area is 114 Å². The number of fused-ring (bicyclic) bond motifs is 3. The molecule has 2 aromatic rings. The fourth-order valence-electron chi connectivity index (χ4n) is 3.62. The molecule has 0 bridgehead atoms. The van der Waals surface area contributed by atoms with Gasteiger partial charge in [0.25, 0.3) is 0 Å². The molecule has 4 rings (SSSR count). The van der Waals surface area contributed by atoms with E-state index in [9.17, 15) is 0 Å². The van der Waals surface area contributed by atoms with E-state index in [1.165, 1.54) is 48.6 Å². The molecule has 1 heterocycles. The smallest absolute Gasteiger partial charge is 0.0482 e. The van der Waals surface area contributed by atoms with Crippen molar-refractivity contribution in [3.05, 3.63) is 35.0 Å². The van der Waals surface area contributed by atoms with Crippen LogP contribution >= 0.6 is 0 Å². The summed E-state index contributed by atoms with van der Waals surface area (Å²) in [5.41, 5.74) is 5.95. The minimum atomic E-state index is 0.700. The van der Waals surface area contributed by atoms with E-state index in [0.717, 1.165) is 6.04 Å². The van der Waals surface area contributed by atoms with Gasteiger partial charge in [-0.25, -0.2) is 0 Å². The van der Waals surface area contributed by atoms with Crippen molar-refractivity contribution in [2.75, 3.05) is 0 Å². The molecule has 0 spiro atoms. The van der Waals surface area contributed by atoms with Gasteiger partial charge < -0.3 is 9.88 Å². The fraction of sp³-hybridized carbons (Fsp3) is 0.529. The van der Waals surface area contributed by atoms with Crippen molar-refractivity contribution in [1.29, 1.82) is 0 Å². The van der Waals surface area contributed by atoms with Crippen LogP contribution in [0.4, 0.5) is 0 Å². The lowest BCUT2D eigenvalue weighted by molar-refractivity contribution is 0.450. The van der Waals surface area contributed by atoms with Gasteiger partial charge in [-0.2, -0.15) is 0 Å². The Morgan fingerprint density at radius 1 is 1.16 bits per heavy atom. The van der Waals surface area contributed by atoms with Crippen LogP contribution in [-0.4, -0.2) is 16.7 Å². The third-order valence-electron chi connectivity index (χ3n) is 4.82. The Bertz CT molecular complexity index is 634. The molecule has 2 aliphatic carbocycles. The highest BCUT2D eigenvalue weighted by atomic mass is 15.0. The number of nitrogens with zero attached hydrogens (tertiary/aromatic N) is 1. The molecule has 0 amide bonds. The van der Waals surface area contributed by atoms with Crippen molar-refractivity contribution < 1.29 is 0 Å². The third kappa shape index (κ3) is 1.90. The first kappa shape index (κ1) is 11.5. The molecule has 2 nitrogen and oxygen atoms in total. The minimum absolute atomic E-state index is 0.700.